The van der Waals surface area contributed by atoms with E-state index in [2.05, 4.69) is 36.2 Å². The number of carbonyl (C=O) groups excluding carboxylic acids is 1. The van der Waals surface area contributed by atoms with Gasteiger partial charge in [-0.2, -0.15) is 4.31 Å². The van der Waals surface area contributed by atoms with E-state index in [-0.39, 0.29) is 29.1 Å². The number of likely N-dealkylation sites (N-methyl/N-ethyl adjacent to an activating group) is 1. The van der Waals surface area contributed by atoms with Gasteiger partial charge < -0.3 is 10.1 Å². The molecule has 8 heteroatoms. The van der Waals surface area contributed by atoms with E-state index in [0.29, 0.717) is 25.2 Å². The number of ether oxygens (including phenoxy) is 1. The standard InChI is InChI=1S/C25H35N3O4S/c1-5-27(6-2)24(21-10-8-7-9-11-21)16-26-25(29)22-12-14-23(15-13-22)33(30,31)28-17-19(3)32-20(4)18-28/h7-15,19-20,24H,5-6,16-18H2,1-4H3,(H,26,29)/t19-,20-,24-/m1/s1. The molecule has 1 saturated heterocycles. The highest BCUT2D eigenvalue weighted by Crippen LogP contribution is 2.22. The molecular formula is C25H35N3O4S. The van der Waals surface area contributed by atoms with Crippen molar-refractivity contribution < 1.29 is 17.9 Å². The third-order valence-corrected chi connectivity index (χ3v) is 7.88. The van der Waals surface area contributed by atoms with Crippen molar-refractivity contribution in [3.05, 3.63) is 65.7 Å². The maximum Gasteiger partial charge on any atom is 0.251 e. The highest BCUT2D eigenvalue weighted by Gasteiger charge is 2.32. The van der Waals surface area contributed by atoms with Gasteiger partial charge >= 0.3 is 0 Å². The van der Waals surface area contributed by atoms with Crippen LogP contribution in [-0.2, 0) is 14.8 Å². The van der Waals surface area contributed by atoms with Gasteiger partial charge in [-0.3, -0.25) is 9.69 Å². The van der Waals surface area contributed by atoms with Crippen molar-refractivity contribution in [3.63, 3.8) is 0 Å². The summed E-state index contributed by atoms with van der Waals surface area (Å²) in [6.07, 6.45) is -0.311. The molecule has 0 aliphatic carbocycles. The van der Waals surface area contributed by atoms with Crippen molar-refractivity contribution in [2.75, 3.05) is 32.7 Å². The molecule has 1 aliphatic rings. The molecule has 3 rings (SSSR count). The molecule has 7 nitrogen and oxygen atoms in total. The minimum atomic E-state index is -3.64. The predicted octanol–water partition coefficient (Wildman–Crippen LogP) is 3.30. The van der Waals surface area contributed by atoms with E-state index >= 15 is 0 Å². The monoisotopic (exact) mass is 473 g/mol. The Morgan fingerprint density at radius 2 is 1.61 bits per heavy atom. The van der Waals surface area contributed by atoms with Crippen molar-refractivity contribution in [3.8, 4) is 0 Å². The lowest BCUT2D eigenvalue weighted by Crippen LogP contribution is -2.48. The van der Waals surface area contributed by atoms with Crippen LogP contribution in [0.3, 0.4) is 0 Å². The topological polar surface area (TPSA) is 79.0 Å². The Kier molecular flexibility index (Phi) is 8.64. The van der Waals surface area contributed by atoms with E-state index in [1.54, 1.807) is 12.1 Å². The van der Waals surface area contributed by atoms with Crippen LogP contribution in [0.4, 0.5) is 0 Å². The number of benzene rings is 2. The summed E-state index contributed by atoms with van der Waals surface area (Å²) < 4.78 is 33.2. The first-order valence-electron chi connectivity index (χ1n) is 11.6. The molecule has 0 bridgehead atoms. The van der Waals surface area contributed by atoms with E-state index in [1.165, 1.54) is 16.4 Å². The summed E-state index contributed by atoms with van der Waals surface area (Å²) in [5.74, 6) is -0.222. The van der Waals surface area contributed by atoms with Gasteiger partial charge in [0.1, 0.15) is 0 Å². The quantitative estimate of drug-likeness (QED) is 0.605. The molecule has 1 fully saturated rings. The Labute approximate surface area is 197 Å². The van der Waals surface area contributed by atoms with Crippen LogP contribution in [0.1, 0.15) is 49.7 Å². The van der Waals surface area contributed by atoms with Crippen molar-refractivity contribution in [1.82, 2.24) is 14.5 Å². The van der Waals surface area contributed by atoms with E-state index in [1.807, 2.05) is 32.0 Å². The van der Waals surface area contributed by atoms with Gasteiger partial charge in [-0.05, 0) is 56.8 Å². The van der Waals surface area contributed by atoms with Crippen LogP contribution in [0, 0.1) is 0 Å². The van der Waals surface area contributed by atoms with Gasteiger partial charge in [0.15, 0.2) is 0 Å². The van der Waals surface area contributed by atoms with Gasteiger partial charge in [0.25, 0.3) is 5.91 Å². The largest absolute Gasteiger partial charge is 0.373 e. The van der Waals surface area contributed by atoms with Crippen LogP contribution in [0.25, 0.3) is 0 Å². The lowest BCUT2D eigenvalue weighted by Gasteiger charge is -2.34. The summed E-state index contributed by atoms with van der Waals surface area (Å²) in [7, 11) is -3.64. The first-order valence-corrected chi connectivity index (χ1v) is 13.0. The minimum absolute atomic E-state index is 0.0649. The van der Waals surface area contributed by atoms with E-state index in [9.17, 15) is 13.2 Å². The molecule has 1 amide bonds. The van der Waals surface area contributed by atoms with Crippen molar-refractivity contribution >= 4 is 15.9 Å². The Hall–Kier alpha value is -2.26. The van der Waals surface area contributed by atoms with E-state index in [0.717, 1.165) is 18.7 Å². The molecule has 180 valence electrons. The van der Waals surface area contributed by atoms with E-state index in [4.69, 9.17) is 4.74 Å². The molecular weight excluding hydrogens is 438 g/mol. The van der Waals surface area contributed by atoms with Crippen molar-refractivity contribution in [2.24, 2.45) is 0 Å². The van der Waals surface area contributed by atoms with Crippen molar-refractivity contribution in [1.29, 1.82) is 0 Å². The molecule has 0 aromatic heterocycles. The van der Waals surface area contributed by atoms with Crippen LogP contribution in [-0.4, -0.2) is 68.5 Å². The molecule has 0 radical (unpaired) electrons. The molecule has 1 N–H and O–H groups in total. The average molecular weight is 474 g/mol. The van der Waals surface area contributed by atoms with Gasteiger partial charge in [-0.25, -0.2) is 8.42 Å². The van der Waals surface area contributed by atoms with E-state index < -0.39 is 10.0 Å². The number of hydrogen-bond acceptors (Lipinski definition) is 5. The Morgan fingerprint density at radius 1 is 1.03 bits per heavy atom. The van der Waals surface area contributed by atoms with Crippen molar-refractivity contribution in [2.45, 2.75) is 50.8 Å². The fourth-order valence-electron chi connectivity index (χ4n) is 4.34. The maximum atomic E-state index is 13.0. The second-order valence-electron chi connectivity index (χ2n) is 8.46. The summed E-state index contributed by atoms with van der Waals surface area (Å²) >= 11 is 0. The first kappa shape index (κ1) is 25.4. The summed E-state index contributed by atoms with van der Waals surface area (Å²) in [6.45, 7) is 10.8. The van der Waals surface area contributed by atoms with Crippen LogP contribution < -0.4 is 5.32 Å². The summed E-state index contributed by atoms with van der Waals surface area (Å²) in [6, 6.07) is 16.4. The predicted molar refractivity (Wildman–Crippen MR) is 130 cm³/mol. The molecule has 2 aromatic carbocycles. The summed E-state index contributed by atoms with van der Waals surface area (Å²) in [5.41, 5.74) is 1.58. The number of morpholine rings is 1. The molecule has 33 heavy (non-hydrogen) atoms. The lowest BCUT2D eigenvalue weighted by atomic mass is 10.0. The Bertz CT molecular complexity index is 998. The SMILES string of the molecule is CCN(CC)[C@H](CNC(=O)c1ccc(S(=O)(=O)N2C[C@@H](C)O[C@H](C)C2)cc1)c1ccccc1. The fourth-order valence-corrected chi connectivity index (χ4v) is 5.93. The number of amides is 1. The smallest absolute Gasteiger partial charge is 0.251 e. The molecule has 0 spiro atoms. The van der Waals surface area contributed by atoms with Crippen LogP contribution in [0.5, 0.6) is 0 Å². The van der Waals surface area contributed by atoms with Gasteiger partial charge in [0.2, 0.25) is 10.0 Å². The lowest BCUT2D eigenvalue weighted by molar-refractivity contribution is -0.0440. The van der Waals surface area contributed by atoms with Crippen LogP contribution in [0.2, 0.25) is 0 Å². The molecule has 1 aliphatic heterocycles. The van der Waals surface area contributed by atoms with Gasteiger partial charge in [-0.15, -0.1) is 0 Å². The zero-order valence-electron chi connectivity index (χ0n) is 19.9. The highest BCUT2D eigenvalue weighted by atomic mass is 32.2. The molecule has 0 unspecified atom stereocenters. The summed E-state index contributed by atoms with van der Waals surface area (Å²) in [4.78, 5) is 15.3. The number of nitrogens with one attached hydrogen (secondary N) is 1. The number of carbonyl (C=O) groups is 1. The molecule has 0 saturated carbocycles. The zero-order chi connectivity index (χ0) is 24.0. The third-order valence-electron chi connectivity index (χ3n) is 6.03. The van der Waals surface area contributed by atoms with Gasteiger partial charge in [0.05, 0.1) is 23.1 Å². The van der Waals surface area contributed by atoms with Crippen LogP contribution in [0.15, 0.2) is 59.5 Å². The third kappa shape index (κ3) is 6.20. The normalized spacial score (nSPS) is 20.5. The first-order chi connectivity index (χ1) is 15.8. The molecule has 1 heterocycles. The number of rotatable bonds is 9. The number of nitrogens with zero attached hydrogens (tertiary/aromatic N) is 2. The number of sulfonamides is 1. The van der Waals surface area contributed by atoms with Crippen LogP contribution >= 0.6 is 0 Å². The highest BCUT2D eigenvalue weighted by molar-refractivity contribution is 7.89. The zero-order valence-corrected chi connectivity index (χ0v) is 20.7. The minimum Gasteiger partial charge on any atom is -0.373 e. The molecule has 3 atom stereocenters. The Balaban J connectivity index is 1.69. The second kappa shape index (κ2) is 11.2. The Morgan fingerprint density at radius 3 is 2.15 bits per heavy atom. The molecule has 2 aromatic rings. The van der Waals surface area contributed by atoms with Gasteiger partial charge in [0, 0.05) is 25.2 Å². The fraction of sp³-hybridized carbons (Fsp3) is 0.480. The number of hydrogen-bond donors (Lipinski definition) is 1. The summed E-state index contributed by atoms with van der Waals surface area (Å²) in [5, 5.41) is 3.02. The second-order valence-corrected chi connectivity index (χ2v) is 10.4. The maximum absolute atomic E-state index is 13.0. The van der Waals surface area contributed by atoms with Gasteiger partial charge in [-0.1, -0.05) is 44.2 Å². The average Bonchev–Trinajstić information content (AvgIpc) is 2.81.